The number of anilines is 2. The molecule has 10 heteroatoms. The van der Waals surface area contributed by atoms with Crippen LogP contribution in [0.4, 0.5) is 11.5 Å². The highest BCUT2D eigenvalue weighted by atomic mass is 16.1. The van der Waals surface area contributed by atoms with Gasteiger partial charge in [-0.3, -0.25) is 24.3 Å². The van der Waals surface area contributed by atoms with E-state index in [1.54, 1.807) is 18.6 Å². The molecule has 1 amide bonds. The molecular formula is C29H33N9O. The molecule has 39 heavy (non-hydrogen) atoms. The van der Waals surface area contributed by atoms with Crippen LogP contribution in [0.3, 0.4) is 0 Å². The SMILES string of the molecule is Cc1ncc(C(=O)NCCN2CCCC2(C)C)cc1Nc1nn(C)c2c1cnn1cc(-c3ccncc3)cc21. The number of carbonyl (C=O) groups is 1. The van der Waals surface area contributed by atoms with Crippen LogP contribution >= 0.6 is 0 Å². The van der Waals surface area contributed by atoms with Crippen LogP contribution in [0.1, 0.15) is 42.7 Å². The number of nitrogens with zero attached hydrogens (tertiary/aromatic N) is 7. The van der Waals surface area contributed by atoms with Crippen molar-refractivity contribution in [3.8, 4) is 11.1 Å². The van der Waals surface area contributed by atoms with E-state index in [1.807, 2.05) is 53.8 Å². The molecule has 0 aliphatic carbocycles. The summed E-state index contributed by atoms with van der Waals surface area (Å²) in [7, 11) is 1.92. The van der Waals surface area contributed by atoms with Crippen molar-refractivity contribution in [3.63, 3.8) is 0 Å². The molecule has 1 saturated heterocycles. The molecular weight excluding hydrogens is 490 g/mol. The van der Waals surface area contributed by atoms with Crippen molar-refractivity contribution in [2.24, 2.45) is 7.05 Å². The van der Waals surface area contributed by atoms with Gasteiger partial charge in [0.1, 0.15) is 0 Å². The number of nitrogens with one attached hydrogen (secondary N) is 2. The second-order valence-corrected chi connectivity index (χ2v) is 10.8. The number of aromatic nitrogens is 6. The molecule has 2 N–H and O–H groups in total. The average Bonchev–Trinajstić information content (AvgIpc) is 3.60. The molecule has 5 aromatic rings. The van der Waals surface area contributed by atoms with E-state index in [0.29, 0.717) is 17.9 Å². The fourth-order valence-corrected chi connectivity index (χ4v) is 5.50. The number of fused-ring (bicyclic) bond motifs is 3. The normalized spacial score (nSPS) is 15.3. The molecule has 10 nitrogen and oxygen atoms in total. The molecule has 0 atom stereocenters. The minimum Gasteiger partial charge on any atom is -0.351 e. The van der Waals surface area contributed by atoms with Gasteiger partial charge in [0, 0.05) is 56.0 Å². The Morgan fingerprint density at radius 1 is 1.13 bits per heavy atom. The van der Waals surface area contributed by atoms with Crippen LogP contribution in [0.5, 0.6) is 0 Å². The van der Waals surface area contributed by atoms with Gasteiger partial charge in [0.2, 0.25) is 0 Å². The third-order valence-corrected chi connectivity index (χ3v) is 7.79. The molecule has 0 spiro atoms. The highest BCUT2D eigenvalue weighted by Gasteiger charge is 2.31. The van der Waals surface area contributed by atoms with Crippen LogP contribution in [0.15, 0.2) is 55.2 Å². The lowest BCUT2D eigenvalue weighted by Crippen LogP contribution is -2.43. The van der Waals surface area contributed by atoms with Gasteiger partial charge >= 0.3 is 0 Å². The third kappa shape index (κ3) is 4.72. The summed E-state index contributed by atoms with van der Waals surface area (Å²) in [6.07, 6.45) is 11.4. The first-order valence-electron chi connectivity index (χ1n) is 13.3. The molecule has 0 aromatic carbocycles. The van der Waals surface area contributed by atoms with E-state index in [9.17, 15) is 4.79 Å². The highest BCUT2D eigenvalue weighted by molar-refractivity contribution is 6.01. The summed E-state index contributed by atoms with van der Waals surface area (Å²) in [6.45, 7) is 8.97. The summed E-state index contributed by atoms with van der Waals surface area (Å²) in [5.41, 5.74) is 6.25. The van der Waals surface area contributed by atoms with E-state index < -0.39 is 0 Å². The Balaban J connectivity index is 1.23. The summed E-state index contributed by atoms with van der Waals surface area (Å²) in [6, 6.07) is 7.91. The molecule has 0 radical (unpaired) electrons. The van der Waals surface area contributed by atoms with Gasteiger partial charge in [0.15, 0.2) is 5.82 Å². The first-order chi connectivity index (χ1) is 18.8. The molecule has 5 aromatic heterocycles. The quantitative estimate of drug-likeness (QED) is 0.327. The number of hydrogen-bond donors (Lipinski definition) is 2. The van der Waals surface area contributed by atoms with Crippen LogP contribution in [-0.2, 0) is 7.05 Å². The lowest BCUT2D eigenvalue weighted by molar-refractivity contribution is 0.0940. The average molecular weight is 524 g/mol. The van der Waals surface area contributed by atoms with Gasteiger partial charge in [-0.2, -0.15) is 10.2 Å². The first-order valence-corrected chi connectivity index (χ1v) is 13.3. The predicted octanol–water partition coefficient (Wildman–Crippen LogP) is 4.33. The summed E-state index contributed by atoms with van der Waals surface area (Å²) in [4.78, 5) is 24.0. The maximum Gasteiger partial charge on any atom is 0.252 e. The summed E-state index contributed by atoms with van der Waals surface area (Å²) < 4.78 is 3.72. The summed E-state index contributed by atoms with van der Waals surface area (Å²) in [5, 5.41) is 16.7. The number of amides is 1. The van der Waals surface area contributed by atoms with Crippen LogP contribution in [0.2, 0.25) is 0 Å². The monoisotopic (exact) mass is 523 g/mol. The molecule has 6 rings (SSSR count). The number of aryl methyl sites for hydroxylation is 2. The predicted molar refractivity (Wildman–Crippen MR) is 152 cm³/mol. The molecule has 0 unspecified atom stereocenters. The van der Waals surface area contributed by atoms with Gasteiger partial charge in [-0.25, -0.2) is 4.52 Å². The van der Waals surface area contributed by atoms with Gasteiger partial charge in [-0.15, -0.1) is 0 Å². The van der Waals surface area contributed by atoms with Crippen LogP contribution in [0, 0.1) is 6.92 Å². The number of hydrogen-bond acceptors (Lipinski definition) is 7. The standard InChI is InChI=1S/C29H33N9O/c1-19-24(14-21(16-32-19)28(39)31-11-13-37-12-5-8-29(37,2)3)34-27-23-17-33-38-18-22(20-6-9-30-10-7-20)15-25(38)26(23)36(4)35-27/h6-7,9-10,14-18H,5,8,11-13H2,1-4H3,(H,31,39)(H,34,35). The van der Waals surface area contributed by atoms with E-state index >= 15 is 0 Å². The Bertz CT molecular complexity index is 1670. The van der Waals surface area contributed by atoms with Crippen molar-refractivity contribution >= 4 is 33.8 Å². The molecule has 1 fully saturated rings. The molecule has 1 aliphatic heterocycles. The van der Waals surface area contributed by atoms with Gasteiger partial charge in [0.05, 0.1) is 39.6 Å². The molecule has 0 saturated carbocycles. The summed E-state index contributed by atoms with van der Waals surface area (Å²) >= 11 is 0. The van der Waals surface area contributed by atoms with E-state index in [1.165, 1.54) is 12.8 Å². The zero-order valence-corrected chi connectivity index (χ0v) is 22.8. The van der Waals surface area contributed by atoms with Crippen molar-refractivity contribution in [1.29, 1.82) is 0 Å². The van der Waals surface area contributed by atoms with Crippen molar-refractivity contribution in [3.05, 3.63) is 66.5 Å². The lowest BCUT2D eigenvalue weighted by atomic mass is 10.0. The zero-order valence-electron chi connectivity index (χ0n) is 22.8. The van der Waals surface area contributed by atoms with Crippen LogP contribution in [0.25, 0.3) is 27.5 Å². The topological polar surface area (TPSA) is 105 Å². The van der Waals surface area contributed by atoms with Crippen molar-refractivity contribution in [2.75, 3.05) is 25.0 Å². The molecule has 1 aliphatic rings. The number of carbonyl (C=O) groups excluding carboxylic acids is 1. The van der Waals surface area contributed by atoms with Crippen molar-refractivity contribution in [1.82, 2.24) is 39.6 Å². The maximum atomic E-state index is 12.9. The van der Waals surface area contributed by atoms with E-state index in [2.05, 4.69) is 50.5 Å². The van der Waals surface area contributed by atoms with Crippen LogP contribution < -0.4 is 10.6 Å². The van der Waals surface area contributed by atoms with E-state index in [-0.39, 0.29) is 11.4 Å². The number of pyridine rings is 2. The van der Waals surface area contributed by atoms with Gasteiger partial charge in [0.25, 0.3) is 5.91 Å². The second kappa shape index (κ2) is 9.77. The number of likely N-dealkylation sites (tertiary alicyclic amines) is 1. The first kappa shape index (κ1) is 25.0. The Labute approximate surface area is 227 Å². The Hall–Kier alpha value is -4.31. The smallest absolute Gasteiger partial charge is 0.252 e. The number of rotatable bonds is 7. The van der Waals surface area contributed by atoms with Gasteiger partial charge in [-0.05, 0) is 70.0 Å². The van der Waals surface area contributed by atoms with E-state index in [0.717, 1.165) is 52.0 Å². The molecule has 200 valence electrons. The third-order valence-electron chi connectivity index (χ3n) is 7.79. The fourth-order valence-electron chi connectivity index (χ4n) is 5.50. The maximum absolute atomic E-state index is 12.9. The summed E-state index contributed by atoms with van der Waals surface area (Å²) in [5.74, 6) is 0.529. The van der Waals surface area contributed by atoms with Crippen LogP contribution in [-0.4, -0.2) is 65.3 Å². The van der Waals surface area contributed by atoms with Gasteiger partial charge in [-0.1, -0.05) is 0 Å². The molecule has 0 bridgehead atoms. The van der Waals surface area contributed by atoms with Gasteiger partial charge < -0.3 is 10.6 Å². The molecule has 6 heterocycles. The Morgan fingerprint density at radius 2 is 1.95 bits per heavy atom. The highest BCUT2D eigenvalue weighted by Crippen LogP contribution is 2.31. The van der Waals surface area contributed by atoms with E-state index in [4.69, 9.17) is 5.10 Å². The second-order valence-electron chi connectivity index (χ2n) is 10.8. The minimum absolute atomic E-state index is 0.131. The van der Waals surface area contributed by atoms with Crippen molar-refractivity contribution in [2.45, 2.75) is 39.2 Å². The Kier molecular flexibility index (Phi) is 6.26. The zero-order chi connectivity index (χ0) is 27.1. The van der Waals surface area contributed by atoms with Crippen molar-refractivity contribution < 1.29 is 4.79 Å². The minimum atomic E-state index is -0.131. The Morgan fingerprint density at radius 3 is 2.72 bits per heavy atom. The largest absolute Gasteiger partial charge is 0.351 e. The lowest BCUT2D eigenvalue weighted by Gasteiger charge is -2.31. The fraction of sp³-hybridized carbons (Fsp3) is 0.345.